The molecular weight excluding hydrogens is 484 g/mol. The van der Waals surface area contributed by atoms with Gasteiger partial charge in [-0.2, -0.15) is 11.8 Å². The van der Waals surface area contributed by atoms with Crippen molar-refractivity contribution >= 4 is 41.4 Å². The number of hydrogen-bond acceptors (Lipinski definition) is 9. The molecule has 0 aromatic carbocycles. The summed E-state index contributed by atoms with van der Waals surface area (Å²) < 4.78 is 0. The zero-order valence-electron chi connectivity index (χ0n) is 19.4. The zero-order chi connectivity index (χ0) is 26.5. The molecule has 0 saturated heterocycles. The van der Waals surface area contributed by atoms with Crippen LogP contribution in [0.1, 0.15) is 31.9 Å². The Labute approximate surface area is 205 Å². The summed E-state index contributed by atoms with van der Waals surface area (Å²) in [6, 6.07) is -5.20. The second-order valence-electron chi connectivity index (χ2n) is 7.79. The number of amides is 3. The smallest absolute Gasteiger partial charge is 0.326 e. The second-order valence-corrected chi connectivity index (χ2v) is 8.77. The van der Waals surface area contributed by atoms with Crippen LogP contribution < -0.4 is 21.7 Å². The van der Waals surface area contributed by atoms with Gasteiger partial charge in [0, 0.05) is 24.7 Å². The Hall–Kier alpha value is -3.17. The van der Waals surface area contributed by atoms with Gasteiger partial charge >= 0.3 is 11.9 Å². The molecule has 0 spiro atoms. The number of nitrogens with one attached hydrogen (secondary N) is 4. The Bertz CT molecular complexity index is 866. The van der Waals surface area contributed by atoms with E-state index in [1.165, 1.54) is 31.2 Å². The summed E-state index contributed by atoms with van der Waals surface area (Å²) >= 11 is 1.50. The lowest BCUT2D eigenvalue weighted by Gasteiger charge is -2.26. The molecule has 35 heavy (non-hydrogen) atoms. The zero-order valence-corrected chi connectivity index (χ0v) is 20.2. The summed E-state index contributed by atoms with van der Waals surface area (Å²) in [5.74, 6) is -4.55. The molecular formula is C20H32N6O8S. The fraction of sp³-hybridized carbons (Fsp3) is 0.600. The van der Waals surface area contributed by atoms with Crippen LogP contribution in [-0.2, 0) is 30.4 Å². The third kappa shape index (κ3) is 10.7. The van der Waals surface area contributed by atoms with Gasteiger partial charge in [0.1, 0.15) is 18.1 Å². The monoisotopic (exact) mass is 516 g/mol. The molecule has 14 nitrogen and oxygen atoms in total. The number of aliphatic hydroxyl groups is 1. The molecule has 0 fully saturated rings. The first-order valence-electron chi connectivity index (χ1n) is 10.7. The van der Waals surface area contributed by atoms with E-state index in [4.69, 9.17) is 10.8 Å². The highest BCUT2D eigenvalue weighted by molar-refractivity contribution is 7.98. The van der Waals surface area contributed by atoms with E-state index < -0.39 is 72.8 Å². The van der Waals surface area contributed by atoms with Crippen molar-refractivity contribution in [1.82, 2.24) is 25.9 Å². The number of carboxylic acids is 2. The van der Waals surface area contributed by atoms with E-state index in [-0.39, 0.29) is 6.42 Å². The van der Waals surface area contributed by atoms with Gasteiger partial charge in [-0.05, 0) is 31.8 Å². The Morgan fingerprint density at radius 2 is 1.71 bits per heavy atom. The minimum Gasteiger partial charge on any atom is -0.481 e. The van der Waals surface area contributed by atoms with Gasteiger partial charge < -0.3 is 42.0 Å². The Kier molecular flexibility index (Phi) is 12.8. The molecule has 1 aromatic heterocycles. The minimum atomic E-state index is -1.58. The summed E-state index contributed by atoms with van der Waals surface area (Å²) in [7, 11) is 0. The predicted molar refractivity (Wildman–Crippen MR) is 125 cm³/mol. The van der Waals surface area contributed by atoms with E-state index in [1.54, 1.807) is 0 Å². The van der Waals surface area contributed by atoms with Gasteiger partial charge in [-0.25, -0.2) is 9.78 Å². The van der Waals surface area contributed by atoms with Crippen molar-refractivity contribution in [3.63, 3.8) is 0 Å². The molecule has 1 heterocycles. The molecule has 0 bridgehead atoms. The van der Waals surface area contributed by atoms with Gasteiger partial charge in [-0.15, -0.1) is 0 Å². The molecule has 1 rings (SSSR count). The van der Waals surface area contributed by atoms with E-state index >= 15 is 0 Å². The number of carboxylic acid groups (broad SMARTS) is 2. The molecule has 0 saturated carbocycles. The molecule has 15 heteroatoms. The number of thioether (sulfide) groups is 1. The largest absolute Gasteiger partial charge is 0.481 e. The maximum atomic E-state index is 13.0. The number of aliphatic carboxylic acids is 2. The van der Waals surface area contributed by atoms with Crippen LogP contribution >= 0.6 is 11.8 Å². The van der Waals surface area contributed by atoms with E-state index in [2.05, 4.69) is 25.9 Å². The Morgan fingerprint density at radius 3 is 2.23 bits per heavy atom. The number of aromatic nitrogens is 2. The van der Waals surface area contributed by atoms with E-state index in [1.807, 2.05) is 6.26 Å². The van der Waals surface area contributed by atoms with E-state index in [0.29, 0.717) is 17.9 Å². The van der Waals surface area contributed by atoms with Crippen LogP contribution in [0.15, 0.2) is 12.5 Å². The van der Waals surface area contributed by atoms with Crippen molar-refractivity contribution in [3.05, 3.63) is 18.2 Å². The van der Waals surface area contributed by atoms with Crippen molar-refractivity contribution in [1.29, 1.82) is 0 Å². The molecule has 0 aliphatic rings. The predicted octanol–water partition coefficient (Wildman–Crippen LogP) is -2.18. The van der Waals surface area contributed by atoms with Gasteiger partial charge in [0.15, 0.2) is 0 Å². The number of carbonyl (C=O) groups excluding carboxylic acids is 3. The Morgan fingerprint density at radius 1 is 1.06 bits per heavy atom. The third-order valence-electron chi connectivity index (χ3n) is 4.91. The molecule has 0 aliphatic heterocycles. The molecule has 0 radical (unpaired) electrons. The van der Waals surface area contributed by atoms with Crippen LogP contribution in [0.3, 0.4) is 0 Å². The minimum absolute atomic E-state index is 0.0304. The third-order valence-corrected chi connectivity index (χ3v) is 5.55. The highest BCUT2D eigenvalue weighted by Gasteiger charge is 2.33. The number of rotatable bonds is 16. The maximum absolute atomic E-state index is 13.0. The lowest BCUT2D eigenvalue weighted by atomic mass is 10.1. The van der Waals surface area contributed by atoms with Crippen molar-refractivity contribution in [2.75, 3.05) is 12.0 Å². The fourth-order valence-corrected chi connectivity index (χ4v) is 3.42. The number of nitrogens with two attached hydrogens (primary N) is 1. The lowest BCUT2D eigenvalue weighted by Crippen LogP contribution is -2.60. The van der Waals surface area contributed by atoms with Crippen LogP contribution in [0.4, 0.5) is 0 Å². The van der Waals surface area contributed by atoms with Crippen LogP contribution in [0.2, 0.25) is 0 Å². The number of H-pyrrole nitrogens is 1. The molecule has 5 unspecified atom stereocenters. The van der Waals surface area contributed by atoms with Crippen LogP contribution in [0.5, 0.6) is 0 Å². The van der Waals surface area contributed by atoms with Crippen LogP contribution in [-0.4, -0.2) is 97.2 Å². The van der Waals surface area contributed by atoms with Gasteiger partial charge in [0.25, 0.3) is 0 Å². The average Bonchev–Trinajstić information content (AvgIpc) is 3.30. The van der Waals surface area contributed by atoms with Gasteiger partial charge in [0.2, 0.25) is 17.7 Å². The number of carbonyl (C=O) groups is 5. The second kappa shape index (κ2) is 15.0. The standard InChI is InChI=1S/C20H32N6O8S/c1-10(27)16(19(32)24-13(20(33)34)3-4-15(28)29)26-18(31)14(7-11-8-22-9-23-11)25-17(30)12(21)5-6-35-2/h8-10,12-14,16,27H,3-7,21H2,1-2H3,(H,22,23)(H,24,32)(H,25,30)(H,26,31)(H,28,29)(H,33,34). The van der Waals surface area contributed by atoms with Crippen molar-refractivity contribution in [2.24, 2.45) is 5.73 Å². The summed E-state index contributed by atoms with van der Waals surface area (Å²) in [5.41, 5.74) is 6.38. The SMILES string of the molecule is CSCCC(N)C(=O)NC(Cc1cnc[nH]1)C(=O)NC(C(=O)NC(CCC(=O)O)C(=O)O)C(C)O. The topological polar surface area (TPSA) is 237 Å². The van der Waals surface area contributed by atoms with E-state index in [9.17, 15) is 34.2 Å². The highest BCUT2D eigenvalue weighted by Crippen LogP contribution is 2.05. The highest BCUT2D eigenvalue weighted by atomic mass is 32.2. The first-order chi connectivity index (χ1) is 16.5. The van der Waals surface area contributed by atoms with Gasteiger partial charge in [-0.1, -0.05) is 0 Å². The fourth-order valence-electron chi connectivity index (χ4n) is 2.93. The number of hydrogen-bond donors (Lipinski definition) is 8. The lowest BCUT2D eigenvalue weighted by molar-refractivity contribution is -0.144. The van der Waals surface area contributed by atoms with Crippen LogP contribution in [0.25, 0.3) is 0 Å². The molecule has 1 aromatic rings. The molecule has 9 N–H and O–H groups in total. The average molecular weight is 517 g/mol. The Balaban J connectivity index is 2.98. The molecule has 196 valence electrons. The molecule has 3 amide bonds. The number of aromatic amines is 1. The maximum Gasteiger partial charge on any atom is 0.326 e. The molecule has 5 atom stereocenters. The summed E-state index contributed by atoms with van der Waals surface area (Å²) in [6.45, 7) is 1.21. The number of aliphatic hydroxyl groups excluding tert-OH is 1. The first-order valence-corrected chi connectivity index (χ1v) is 12.1. The van der Waals surface area contributed by atoms with Crippen molar-refractivity contribution in [2.45, 2.75) is 62.9 Å². The number of imidazole rings is 1. The van der Waals surface area contributed by atoms with Gasteiger partial charge in [0.05, 0.1) is 18.5 Å². The molecule has 0 aliphatic carbocycles. The summed E-state index contributed by atoms with van der Waals surface area (Å²) in [6.07, 6.45) is 2.66. The first kappa shape index (κ1) is 29.9. The summed E-state index contributed by atoms with van der Waals surface area (Å²) in [4.78, 5) is 66.9. The quantitative estimate of drug-likeness (QED) is 0.117. The number of nitrogens with zero attached hydrogens (tertiary/aromatic N) is 1. The van der Waals surface area contributed by atoms with Crippen molar-refractivity contribution < 1.29 is 39.3 Å². The van der Waals surface area contributed by atoms with Crippen molar-refractivity contribution in [3.8, 4) is 0 Å². The normalized spacial score (nSPS) is 15.2. The van der Waals surface area contributed by atoms with Gasteiger partial charge in [-0.3, -0.25) is 19.2 Å². The summed E-state index contributed by atoms with van der Waals surface area (Å²) in [5, 5.41) is 35.1. The van der Waals surface area contributed by atoms with E-state index in [0.717, 1.165) is 0 Å². The van der Waals surface area contributed by atoms with Crippen LogP contribution in [0, 0.1) is 0 Å².